The molecule has 0 radical (unpaired) electrons. The average molecular weight is 270 g/mol. The zero-order valence-corrected chi connectivity index (χ0v) is 11.5. The van der Waals surface area contributed by atoms with Crippen molar-refractivity contribution in [2.75, 3.05) is 13.2 Å². The number of hydrogen-bond donors (Lipinski definition) is 1. The Morgan fingerprint density at radius 3 is 3.05 bits per heavy atom. The monoisotopic (exact) mass is 270 g/mol. The molecule has 0 aliphatic carbocycles. The Morgan fingerprint density at radius 2 is 2.25 bits per heavy atom. The molecule has 3 rings (SSSR count). The predicted octanol–water partition coefficient (Wildman–Crippen LogP) is 2.14. The van der Waals surface area contributed by atoms with Crippen LogP contribution in [-0.2, 0) is 0 Å². The molecule has 1 aromatic heterocycles. The molecule has 4 nitrogen and oxygen atoms in total. The number of aliphatic hydroxyl groups is 1. The van der Waals surface area contributed by atoms with Gasteiger partial charge in [0.2, 0.25) is 0 Å². The molecule has 1 fully saturated rings. The van der Waals surface area contributed by atoms with E-state index in [1.54, 1.807) is 4.90 Å². The first-order valence-electron chi connectivity index (χ1n) is 6.99. The van der Waals surface area contributed by atoms with Crippen molar-refractivity contribution >= 4 is 16.8 Å². The minimum atomic E-state index is -0.0737. The lowest BCUT2D eigenvalue weighted by atomic mass is 10.1. The van der Waals surface area contributed by atoms with Crippen LogP contribution in [0.2, 0.25) is 0 Å². The molecule has 1 saturated heterocycles. The molecule has 0 spiro atoms. The molecule has 0 bridgehead atoms. The van der Waals surface area contributed by atoms with Gasteiger partial charge in [-0.2, -0.15) is 0 Å². The number of pyridine rings is 1. The van der Waals surface area contributed by atoms with E-state index in [0.717, 1.165) is 29.3 Å². The molecule has 2 aromatic rings. The van der Waals surface area contributed by atoms with Gasteiger partial charge in [0.25, 0.3) is 5.91 Å². The molecular weight excluding hydrogens is 252 g/mol. The third-order valence-corrected chi connectivity index (χ3v) is 3.99. The SMILES string of the molecule is Cc1cc(C(=O)N2CCC[C@H]2CO)nc2ccccc12. The number of benzene rings is 1. The molecular formula is C16H18N2O2. The molecule has 104 valence electrons. The molecule has 4 heteroatoms. The number of carbonyl (C=O) groups is 1. The molecule has 1 N–H and O–H groups in total. The lowest BCUT2D eigenvalue weighted by Gasteiger charge is -2.22. The van der Waals surface area contributed by atoms with E-state index in [9.17, 15) is 9.90 Å². The summed E-state index contributed by atoms with van der Waals surface area (Å²) in [5, 5.41) is 10.4. The van der Waals surface area contributed by atoms with Gasteiger partial charge in [0.15, 0.2) is 0 Å². The van der Waals surface area contributed by atoms with Crippen LogP contribution in [0.5, 0.6) is 0 Å². The van der Waals surface area contributed by atoms with Gasteiger partial charge in [-0.3, -0.25) is 4.79 Å². The van der Waals surface area contributed by atoms with Crippen LogP contribution >= 0.6 is 0 Å². The quantitative estimate of drug-likeness (QED) is 0.909. The van der Waals surface area contributed by atoms with E-state index in [-0.39, 0.29) is 18.6 Å². The fraction of sp³-hybridized carbons (Fsp3) is 0.375. The Labute approximate surface area is 118 Å². The van der Waals surface area contributed by atoms with Gasteiger partial charge in [-0.05, 0) is 37.5 Å². The Bertz CT molecular complexity index is 654. The molecule has 1 aliphatic rings. The van der Waals surface area contributed by atoms with Gasteiger partial charge in [0.05, 0.1) is 18.2 Å². The van der Waals surface area contributed by atoms with Gasteiger partial charge < -0.3 is 10.0 Å². The Kier molecular flexibility index (Phi) is 3.40. The third kappa shape index (κ3) is 2.16. The molecule has 1 amide bonds. The van der Waals surface area contributed by atoms with E-state index >= 15 is 0 Å². The maximum absolute atomic E-state index is 12.6. The largest absolute Gasteiger partial charge is 0.394 e. The van der Waals surface area contributed by atoms with Crippen LogP contribution in [0.25, 0.3) is 10.9 Å². The maximum Gasteiger partial charge on any atom is 0.272 e. The molecule has 2 heterocycles. The maximum atomic E-state index is 12.6. The summed E-state index contributed by atoms with van der Waals surface area (Å²) in [4.78, 5) is 18.8. The van der Waals surface area contributed by atoms with Crippen molar-refractivity contribution in [1.29, 1.82) is 0 Å². The predicted molar refractivity (Wildman–Crippen MR) is 77.6 cm³/mol. The summed E-state index contributed by atoms with van der Waals surface area (Å²) in [5.74, 6) is -0.0737. The van der Waals surface area contributed by atoms with Crippen molar-refractivity contribution in [2.45, 2.75) is 25.8 Å². The van der Waals surface area contributed by atoms with Gasteiger partial charge in [-0.15, -0.1) is 0 Å². The van der Waals surface area contributed by atoms with E-state index in [4.69, 9.17) is 0 Å². The van der Waals surface area contributed by atoms with Crippen LogP contribution in [0.4, 0.5) is 0 Å². The summed E-state index contributed by atoms with van der Waals surface area (Å²) >= 11 is 0. The zero-order valence-electron chi connectivity index (χ0n) is 11.5. The first-order valence-corrected chi connectivity index (χ1v) is 6.99. The summed E-state index contributed by atoms with van der Waals surface area (Å²) in [5.41, 5.74) is 2.37. The third-order valence-electron chi connectivity index (χ3n) is 3.99. The Morgan fingerprint density at radius 1 is 1.45 bits per heavy atom. The van der Waals surface area contributed by atoms with E-state index in [0.29, 0.717) is 12.2 Å². The van der Waals surface area contributed by atoms with Gasteiger partial charge in [0.1, 0.15) is 5.69 Å². The van der Waals surface area contributed by atoms with E-state index in [1.807, 2.05) is 37.3 Å². The summed E-state index contributed by atoms with van der Waals surface area (Å²) in [7, 11) is 0. The molecule has 20 heavy (non-hydrogen) atoms. The van der Waals surface area contributed by atoms with Crippen LogP contribution in [-0.4, -0.2) is 40.1 Å². The number of amides is 1. The molecule has 1 atom stereocenters. The summed E-state index contributed by atoms with van der Waals surface area (Å²) in [6.07, 6.45) is 1.82. The number of rotatable bonds is 2. The van der Waals surface area contributed by atoms with Crippen LogP contribution in [0.15, 0.2) is 30.3 Å². The van der Waals surface area contributed by atoms with Gasteiger partial charge in [-0.1, -0.05) is 18.2 Å². The number of hydrogen-bond acceptors (Lipinski definition) is 3. The van der Waals surface area contributed by atoms with Crippen LogP contribution in [0.3, 0.4) is 0 Å². The van der Waals surface area contributed by atoms with Gasteiger partial charge in [0, 0.05) is 11.9 Å². The first-order chi connectivity index (χ1) is 9.70. The summed E-state index contributed by atoms with van der Waals surface area (Å²) < 4.78 is 0. The molecule has 0 unspecified atom stereocenters. The lowest BCUT2D eigenvalue weighted by molar-refractivity contribution is 0.0672. The smallest absolute Gasteiger partial charge is 0.272 e. The molecule has 1 aromatic carbocycles. The van der Waals surface area contributed by atoms with Crippen LogP contribution in [0.1, 0.15) is 28.9 Å². The minimum absolute atomic E-state index is 0.0261. The number of aryl methyl sites for hydroxylation is 1. The number of aliphatic hydroxyl groups excluding tert-OH is 1. The van der Waals surface area contributed by atoms with Crippen LogP contribution in [0, 0.1) is 6.92 Å². The number of aromatic nitrogens is 1. The molecule has 1 aliphatic heterocycles. The molecule has 0 saturated carbocycles. The summed E-state index contributed by atoms with van der Waals surface area (Å²) in [6.45, 7) is 2.73. The highest BCUT2D eigenvalue weighted by atomic mass is 16.3. The first kappa shape index (κ1) is 13.1. The number of likely N-dealkylation sites (tertiary alicyclic amines) is 1. The highest BCUT2D eigenvalue weighted by molar-refractivity contribution is 5.96. The lowest BCUT2D eigenvalue weighted by Crippen LogP contribution is -2.38. The van der Waals surface area contributed by atoms with Crippen molar-refractivity contribution in [3.8, 4) is 0 Å². The number of fused-ring (bicyclic) bond motifs is 1. The summed E-state index contributed by atoms with van der Waals surface area (Å²) in [6, 6.07) is 9.62. The second-order valence-corrected chi connectivity index (χ2v) is 5.32. The fourth-order valence-corrected chi connectivity index (χ4v) is 2.90. The van der Waals surface area contributed by atoms with Crippen molar-refractivity contribution in [3.05, 3.63) is 41.6 Å². The standard InChI is InChI=1S/C16H18N2O2/c1-11-9-15(17-14-7-3-2-6-13(11)14)16(20)18-8-4-5-12(18)10-19/h2-3,6-7,9,12,19H,4-5,8,10H2,1H3/t12-/m0/s1. The fourth-order valence-electron chi connectivity index (χ4n) is 2.90. The van der Waals surface area contributed by atoms with Gasteiger partial charge in [-0.25, -0.2) is 4.98 Å². The van der Waals surface area contributed by atoms with Crippen molar-refractivity contribution in [2.24, 2.45) is 0 Å². The Balaban J connectivity index is 1.99. The highest BCUT2D eigenvalue weighted by Gasteiger charge is 2.29. The van der Waals surface area contributed by atoms with E-state index in [2.05, 4.69) is 4.98 Å². The normalized spacial score (nSPS) is 18.7. The van der Waals surface area contributed by atoms with Crippen LogP contribution < -0.4 is 0 Å². The topological polar surface area (TPSA) is 53.4 Å². The highest BCUT2D eigenvalue weighted by Crippen LogP contribution is 2.22. The number of carbonyl (C=O) groups excluding carboxylic acids is 1. The average Bonchev–Trinajstić information content (AvgIpc) is 2.95. The zero-order chi connectivity index (χ0) is 14.1. The van der Waals surface area contributed by atoms with E-state index in [1.165, 1.54) is 0 Å². The number of para-hydroxylation sites is 1. The van der Waals surface area contributed by atoms with Crippen molar-refractivity contribution < 1.29 is 9.90 Å². The second kappa shape index (κ2) is 5.21. The van der Waals surface area contributed by atoms with E-state index < -0.39 is 0 Å². The number of nitrogens with zero attached hydrogens (tertiary/aromatic N) is 2. The van der Waals surface area contributed by atoms with Crippen molar-refractivity contribution in [3.63, 3.8) is 0 Å². The minimum Gasteiger partial charge on any atom is -0.394 e. The Hall–Kier alpha value is -1.94. The van der Waals surface area contributed by atoms with Gasteiger partial charge >= 0.3 is 0 Å². The second-order valence-electron chi connectivity index (χ2n) is 5.32. The van der Waals surface area contributed by atoms with Crippen molar-refractivity contribution in [1.82, 2.24) is 9.88 Å².